The van der Waals surface area contributed by atoms with Gasteiger partial charge in [-0.25, -0.2) is 13.4 Å². The van der Waals surface area contributed by atoms with Gasteiger partial charge in [-0.2, -0.15) is 0 Å². The van der Waals surface area contributed by atoms with E-state index in [1.54, 1.807) is 11.6 Å². The minimum Gasteiger partial charge on any atom is -0.398 e. The fraction of sp³-hybridized carbons (Fsp3) is 0.100. The average Bonchev–Trinajstić information content (AvgIpc) is 2.73. The Kier molecular flexibility index (Phi) is 3.37. The number of benzene rings is 1. The van der Waals surface area contributed by atoms with Gasteiger partial charge in [0.2, 0.25) is 0 Å². The Morgan fingerprint density at radius 1 is 1.41 bits per heavy atom. The van der Waals surface area contributed by atoms with Crippen molar-refractivity contribution in [2.24, 2.45) is 0 Å². The highest BCUT2D eigenvalue weighted by Gasteiger charge is 2.17. The van der Waals surface area contributed by atoms with Crippen LogP contribution in [0.25, 0.3) is 0 Å². The van der Waals surface area contributed by atoms with E-state index in [9.17, 15) is 8.42 Å². The summed E-state index contributed by atoms with van der Waals surface area (Å²) >= 11 is 7.10. The molecule has 2 N–H and O–H groups in total. The molecule has 0 saturated carbocycles. The Hall–Kier alpha value is -1.11. The minimum absolute atomic E-state index is 0.120. The van der Waals surface area contributed by atoms with Crippen LogP contribution in [-0.2, 0) is 15.6 Å². The summed E-state index contributed by atoms with van der Waals surface area (Å²) in [6.07, 6.45) is 1.57. The summed E-state index contributed by atoms with van der Waals surface area (Å²) in [6, 6.07) is 4.29. The first-order valence-electron chi connectivity index (χ1n) is 4.65. The quantitative estimate of drug-likeness (QED) is 0.880. The van der Waals surface area contributed by atoms with Crippen molar-refractivity contribution in [1.29, 1.82) is 0 Å². The fourth-order valence-electron chi connectivity index (χ4n) is 1.27. The summed E-state index contributed by atoms with van der Waals surface area (Å²) in [5.41, 5.74) is 5.89. The maximum Gasteiger partial charge on any atom is 0.184 e. The predicted molar refractivity (Wildman–Crippen MR) is 68.9 cm³/mol. The number of anilines is 1. The van der Waals surface area contributed by atoms with Crippen LogP contribution in [0.2, 0.25) is 5.02 Å². The van der Waals surface area contributed by atoms with Crippen LogP contribution < -0.4 is 5.73 Å². The van der Waals surface area contributed by atoms with Crippen molar-refractivity contribution in [3.05, 3.63) is 39.8 Å². The largest absolute Gasteiger partial charge is 0.398 e. The maximum absolute atomic E-state index is 12.0. The lowest BCUT2D eigenvalue weighted by Gasteiger charge is -2.04. The van der Waals surface area contributed by atoms with Crippen LogP contribution in [0.4, 0.5) is 5.69 Å². The standard InChI is InChI=1S/C10H9ClN2O2S2/c11-8-5-7(1-2-9(8)12)17(14,15)6-10-13-3-4-16-10/h1-5H,6,12H2. The zero-order chi connectivity index (χ0) is 12.5. The second-order valence-electron chi connectivity index (χ2n) is 3.37. The van der Waals surface area contributed by atoms with Gasteiger partial charge in [-0.05, 0) is 18.2 Å². The van der Waals surface area contributed by atoms with E-state index >= 15 is 0 Å². The molecule has 0 unspecified atom stereocenters. The van der Waals surface area contributed by atoms with Gasteiger partial charge in [-0.1, -0.05) is 11.6 Å². The lowest BCUT2D eigenvalue weighted by Crippen LogP contribution is -2.05. The number of nitrogen functional groups attached to an aromatic ring is 1. The number of hydrogen-bond acceptors (Lipinski definition) is 5. The summed E-state index contributed by atoms with van der Waals surface area (Å²) in [6.45, 7) is 0. The number of hydrogen-bond donors (Lipinski definition) is 1. The molecule has 7 heteroatoms. The summed E-state index contributed by atoms with van der Waals surface area (Å²) in [5.74, 6) is -0.120. The van der Waals surface area contributed by atoms with E-state index in [1.165, 1.54) is 29.5 Å². The molecule has 4 nitrogen and oxygen atoms in total. The van der Waals surface area contributed by atoms with E-state index in [4.69, 9.17) is 17.3 Å². The van der Waals surface area contributed by atoms with E-state index in [1.807, 2.05) is 0 Å². The highest BCUT2D eigenvalue weighted by atomic mass is 35.5. The number of aromatic nitrogens is 1. The Labute approximate surface area is 108 Å². The van der Waals surface area contributed by atoms with E-state index in [0.29, 0.717) is 10.7 Å². The number of nitrogens with two attached hydrogens (primary N) is 1. The van der Waals surface area contributed by atoms with Gasteiger partial charge in [-0.3, -0.25) is 0 Å². The third-order valence-electron chi connectivity index (χ3n) is 2.13. The molecule has 0 bridgehead atoms. The van der Waals surface area contributed by atoms with E-state index in [-0.39, 0.29) is 15.7 Å². The first-order chi connectivity index (χ1) is 7.99. The zero-order valence-corrected chi connectivity index (χ0v) is 11.0. The molecular formula is C10H9ClN2O2S2. The second-order valence-corrected chi connectivity index (χ2v) is 6.74. The molecule has 0 atom stereocenters. The zero-order valence-electron chi connectivity index (χ0n) is 8.63. The number of nitrogens with zero attached hydrogens (tertiary/aromatic N) is 1. The SMILES string of the molecule is Nc1ccc(S(=O)(=O)Cc2nccs2)cc1Cl. The molecule has 0 radical (unpaired) electrons. The van der Waals surface area contributed by atoms with Crippen LogP contribution in [0.1, 0.15) is 5.01 Å². The van der Waals surface area contributed by atoms with Crippen molar-refractivity contribution in [3.8, 4) is 0 Å². The molecule has 0 aliphatic rings. The van der Waals surface area contributed by atoms with E-state index in [2.05, 4.69) is 4.98 Å². The smallest absolute Gasteiger partial charge is 0.184 e. The minimum atomic E-state index is -3.41. The van der Waals surface area contributed by atoms with Gasteiger partial charge in [0.05, 0.1) is 15.6 Å². The molecular weight excluding hydrogens is 280 g/mol. The van der Waals surface area contributed by atoms with E-state index < -0.39 is 9.84 Å². The van der Waals surface area contributed by atoms with E-state index in [0.717, 1.165) is 0 Å². The summed E-state index contributed by atoms with van der Waals surface area (Å²) in [5, 5.41) is 2.53. The number of thiazole rings is 1. The summed E-state index contributed by atoms with van der Waals surface area (Å²) in [4.78, 5) is 4.11. The van der Waals surface area contributed by atoms with Crippen LogP contribution in [0.15, 0.2) is 34.7 Å². The molecule has 17 heavy (non-hydrogen) atoms. The number of rotatable bonds is 3. The summed E-state index contributed by atoms with van der Waals surface area (Å²) < 4.78 is 24.1. The van der Waals surface area contributed by atoms with Crippen LogP contribution in [0, 0.1) is 0 Å². The molecule has 0 amide bonds. The van der Waals surface area contributed by atoms with Crippen LogP contribution >= 0.6 is 22.9 Å². The van der Waals surface area contributed by atoms with Gasteiger partial charge in [-0.15, -0.1) is 11.3 Å². The molecule has 1 aromatic carbocycles. The van der Waals surface area contributed by atoms with Crippen molar-refractivity contribution in [3.63, 3.8) is 0 Å². The van der Waals surface area contributed by atoms with Gasteiger partial charge in [0.25, 0.3) is 0 Å². The summed E-state index contributed by atoms with van der Waals surface area (Å²) in [7, 11) is -3.41. The molecule has 2 aromatic rings. The molecule has 90 valence electrons. The van der Waals surface area contributed by atoms with Crippen molar-refractivity contribution < 1.29 is 8.42 Å². The highest BCUT2D eigenvalue weighted by Crippen LogP contribution is 2.25. The predicted octanol–water partition coefficient (Wildman–Crippen LogP) is 2.35. The van der Waals surface area contributed by atoms with Crippen molar-refractivity contribution >= 4 is 38.5 Å². The highest BCUT2D eigenvalue weighted by molar-refractivity contribution is 7.90. The van der Waals surface area contributed by atoms with Crippen LogP contribution in [-0.4, -0.2) is 13.4 Å². The third-order valence-corrected chi connectivity index (χ3v) is 5.04. The molecule has 0 spiro atoms. The number of sulfone groups is 1. The molecule has 0 saturated heterocycles. The second kappa shape index (κ2) is 4.64. The lowest BCUT2D eigenvalue weighted by molar-refractivity contribution is 0.595. The van der Waals surface area contributed by atoms with Crippen molar-refractivity contribution in [2.75, 3.05) is 5.73 Å². The normalized spacial score (nSPS) is 11.6. The fourth-order valence-corrected chi connectivity index (χ4v) is 3.79. The maximum atomic E-state index is 12.0. The molecule has 0 aliphatic heterocycles. The third kappa shape index (κ3) is 2.77. The van der Waals surface area contributed by atoms with Crippen molar-refractivity contribution in [1.82, 2.24) is 4.98 Å². The monoisotopic (exact) mass is 288 g/mol. The van der Waals surface area contributed by atoms with Crippen molar-refractivity contribution in [2.45, 2.75) is 10.6 Å². The van der Waals surface area contributed by atoms with Gasteiger partial charge in [0.1, 0.15) is 10.8 Å². The molecule has 0 fully saturated rings. The van der Waals surface area contributed by atoms with Gasteiger partial charge < -0.3 is 5.73 Å². The topological polar surface area (TPSA) is 73.1 Å². The first-order valence-corrected chi connectivity index (χ1v) is 7.56. The van der Waals surface area contributed by atoms with Crippen LogP contribution in [0.5, 0.6) is 0 Å². The Bertz CT molecular complexity index is 624. The Morgan fingerprint density at radius 3 is 2.76 bits per heavy atom. The molecule has 0 aliphatic carbocycles. The first kappa shape index (κ1) is 12.3. The van der Waals surface area contributed by atoms with Gasteiger partial charge in [0, 0.05) is 11.6 Å². The Balaban J connectivity index is 2.35. The van der Waals surface area contributed by atoms with Gasteiger partial charge >= 0.3 is 0 Å². The molecule has 1 aromatic heterocycles. The Morgan fingerprint density at radius 2 is 2.18 bits per heavy atom. The van der Waals surface area contributed by atoms with Crippen LogP contribution in [0.3, 0.4) is 0 Å². The number of halogens is 1. The lowest BCUT2D eigenvalue weighted by atomic mass is 10.3. The van der Waals surface area contributed by atoms with Gasteiger partial charge in [0.15, 0.2) is 9.84 Å². The average molecular weight is 289 g/mol. The molecule has 2 rings (SSSR count). The molecule has 1 heterocycles.